The molecule has 1 aromatic carbocycles. The minimum Gasteiger partial charge on any atom is -0.337 e. The summed E-state index contributed by atoms with van der Waals surface area (Å²) in [5.41, 5.74) is 0.823. The van der Waals surface area contributed by atoms with E-state index in [9.17, 15) is 18.0 Å². The summed E-state index contributed by atoms with van der Waals surface area (Å²) < 4.78 is 41.6. The van der Waals surface area contributed by atoms with Crippen LogP contribution < -0.4 is 5.32 Å². The number of nitrogens with one attached hydrogen (secondary N) is 1. The molecule has 1 fully saturated rings. The summed E-state index contributed by atoms with van der Waals surface area (Å²) in [4.78, 5) is 17.5. The molecular formula is C15H15F3N4O2. The van der Waals surface area contributed by atoms with E-state index in [4.69, 9.17) is 0 Å². The van der Waals surface area contributed by atoms with Crippen LogP contribution in [-0.4, -0.2) is 47.1 Å². The average Bonchev–Trinajstić information content (AvgIpc) is 2.91. The van der Waals surface area contributed by atoms with Crippen LogP contribution in [-0.2, 0) is 6.18 Å². The van der Waals surface area contributed by atoms with Crippen molar-refractivity contribution in [3.63, 3.8) is 0 Å². The Morgan fingerprint density at radius 1 is 1.17 bits per heavy atom. The summed E-state index contributed by atoms with van der Waals surface area (Å²) in [7, 11) is 0. The summed E-state index contributed by atoms with van der Waals surface area (Å²) in [6.07, 6.45) is -3.80. The van der Waals surface area contributed by atoms with Gasteiger partial charge in [-0.1, -0.05) is 17.3 Å². The highest BCUT2D eigenvalue weighted by molar-refractivity contribution is 5.94. The lowest BCUT2D eigenvalue weighted by atomic mass is 10.1. The van der Waals surface area contributed by atoms with Gasteiger partial charge in [0.2, 0.25) is 5.82 Å². The molecule has 2 heterocycles. The monoisotopic (exact) mass is 340 g/mol. The molecule has 1 aromatic heterocycles. The van der Waals surface area contributed by atoms with Gasteiger partial charge in [-0.15, -0.1) is 0 Å². The normalized spacial score (nSPS) is 16.0. The Morgan fingerprint density at radius 2 is 1.92 bits per heavy atom. The van der Waals surface area contributed by atoms with Crippen LogP contribution >= 0.6 is 0 Å². The smallest absolute Gasteiger partial charge is 0.337 e. The van der Waals surface area contributed by atoms with E-state index in [1.54, 1.807) is 17.0 Å². The minimum absolute atomic E-state index is 0.102. The first-order chi connectivity index (χ1) is 11.4. The van der Waals surface area contributed by atoms with Crippen LogP contribution in [0.1, 0.15) is 22.7 Å². The van der Waals surface area contributed by atoms with Crippen molar-refractivity contribution in [1.29, 1.82) is 0 Å². The van der Waals surface area contributed by atoms with Crippen molar-refractivity contribution >= 4 is 5.91 Å². The average molecular weight is 340 g/mol. The molecule has 0 unspecified atom stereocenters. The van der Waals surface area contributed by atoms with E-state index in [0.717, 1.165) is 19.5 Å². The first kappa shape index (κ1) is 16.4. The molecule has 0 saturated carbocycles. The van der Waals surface area contributed by atoms with E-state index in [2.05, 4.69) is 20.0 Å². The molecule has 1 aliphatic heterocycles. The van der Waals surface area contributed by atoms with Crippen LogP contribution in [0, 0.1) is 0 Å². The van der Waals surface area contributed by atoms with Crippen LogP contribution in [0.5, 0.6) is 0 Å². The minimum atomic E-state index is -4.68. The fourth-order valence-corrected chi connectivity index (χ4v) is 2.45. The van der Waals surface area contributed by atoms with E-state index in [-0.39, 0.29) is 11.7 Å². The Bertz CT molecular complexity index is 704. The van der Waals surface area contributed by atoms with Crippen molar-refractivity contribution in [2.45, 2.75) is 12.6 Å². The molecule has 1 saturated heterocycles. The van der Waals surface area contributed by atoms with Gasteiger partial charge < -0.3 is 14.7 Å². The Hall–Kier alpha value is -2.42. The van der Waals surface area contributed by atoms with Crippen LogP contribution in [0.15, 0.2) is 28.8 Å². The van der Waals surface area contributed by atoms with Gasteiger partial charge in [-0.2, -0.15) is 18.2 Å². The fourth-order valence-electron chi connectivity index (χ4n) is 2.45. The van der Waals surface area contributed by atoms with Gasteiger partial charge >= 0.3 is 12.1 Å². The number of alkyl halides is 3. The van der Waals surface area contributed by atoms with Crippen molar-refractivity contribution in [2.75, 3.05) is 26.2 Å². The lowest BCUT2D eigenvalue weighted by molar-refractivity contribution is -0.159. The standard InChI is InChI=1S/C15H15F3N4O2/c16-15(17,18)14-20-12(21-24-14)10-2-4-11(5-3-10)13(23)22-8-1-6-19-7-9-22/h2-5,19H,1,6-9H2. The Labute approximate surface area is 135 Å². The largest absolute Gasteiger partial charge is 0.471 e. The molecule has 1 amide bonds. The number of amides is 1. The van der Waals surface area contributed by atoms with Gasteiger partial charge in [-0.05, 0) is 25.1 Å². The number of rotatable bonds is 2. The number of nitrogens with zero attached hydrogens (tertiary/aromatic N) is 3. The molecule has 2 aromatic rings. The zero-order valence-corrected chi connectivity index (χ0v) is 12.6. The van der Waals surface area contributed by atoms with Gasteiger partial charge in [0.25, 0.3) is 5.91 Å². The molecule has 3 rings (SSSR count). The van der Waals surface area contributed by atoms with Crippen LogP contribution in [0.3, 0.4) is 0 Å². The summed E-state index contributed by atoms with van der Waals surface area (Å²) >= 11 is 0. The van der Waals surface area contributed by atoms with Crippen LogP contribution in [0.25, 0.3) is 11.4 Å². The lowest BCUT2D eigenvalue weighted by Crippen LogP contribution is -2.34. The van der Waals surface area contributed by atoms with Crippen molar-refractivity contribution in [2.24, 2.45) is 0 Å². The molecule has 0 spiro atoms. The second kappa shape index (κ2) is 6.60. The van der Waals surface area contributed by atoms with Crippen molar-refractivity contribution < 1.29 is 22.5 Å². The molecule has 128 valence electrons. The number of carbonyl (C=O) groups excluding carboxylic acids is 1. The number of hydrogen-bond acceptors (Lipinski definition) is 5. The first-order valence-electron chi connectivity index (χ1n) is 7.46. The highest BCUT2D eigenvalue weighted by Crippen LogP contribution is 2.29. The summed E-state index contributed by atoms with van der Waals surface area (Å²) in [6.45, 7) is 2.92. The first-order valence-corrected chi connectivity index (χ1v) is 7.46. The number of halogens is 3. The molecule has 1 aliphatic rings. The predicted molar refractivity (Wildman–Crippen MR) is 78.1 cm³/mol. The Kier molecular flexibility index (Phi) is 4.52. The van der Waals surface area contributed by atoms with Crippen LogP contribution in [0.4, 0.5) is 13.2 Å². The third-order valence-electron chi connectivity index (χ3n) is 3.69. The topological polar surface area (TPSA) is 71.3 Å². The lowest BCUT2D eigenvalue weighted by Gasteiger charge is -2.19. The molecule has 0 atom stereocenters. The van der Waals surface area contributed by atoms with Gasteiger partial charge in [-0.25, -0.2) is 0 Å². The maximum absolute atomic E-state index is 12.5. The third-order valence-corrected chi connectivity index (χ3v) is 3.69. The van der Waals surface area contributed by atoms with Crippen molar-refractivity contribution in [3.05, 3.63) is 35.7 Å². The Morgan fingerprint density at radius 3 is 2.58 bits per heavy atom. The molecule has 0 aliphatic carbocycles. The van der Waals surface area contributed by atoms with E-state index in [0.29, 0.717) is 24.2 Å². The second-order valence-corrected chi connectivity index (χ2v) is 5.39. The van der Waals surface area contributed by atoms with Gasteiger partial charge in [-0.3, -0.25) is 4.79 Å². The zero-order chi connectivity index (χ0) is 17.2. The highest BCUT2D eigenvalue weighted by Gasteiger charge is 2.38. The number of aromatic nitrogens is 2. The number of carbonyl (C=O) groups is 1. The molecule has 24 heavy (non-hydrogen) atoms. The second-order valence-electron chi connectivity index (χ2n) is 5.39. The number of hydrogen-bond donors (Lipinski definition) is 1. The van der Waals surface area contributed by atoms with Gasteiger partial charge in [0, 0.05) is 30.8 Å². The third kappa shape index (κ3) is 3.56. The van der Waals surface area contributed by atoms with Crippen LogP contribution in [0.2, 0.25) is 0 Å². The quantitative estimate of drug-likeness (QED) is 0.907. The predicted octanol–water partition coefficient (Wildman–Crippen LogP) is 2.19. The molecule has 0 bridgehead atoms. The van der Waals surface area contributed by atoms with Crippen molar-refractivity contribution in [3.8, 4) is 11.4 Å². The number of benzene rings is 1. The molecule has 0 radical (unpaired) electrons. The summed E-state index contributed by atoms with van der Waals surface area (Å²) in [6, 6.07) is 6.13. The highest BCUT2D eigenvalue weighted by atomic mass is 19.4. The van der Waals surface area contributed by atoms with Gasteiger partial charge in [0.05, 0.1) is 0 Å². The maximum Gasteiger partial charge on any atom is 0.471 e. The van der Waals surface area contributed by atoms with E-state index in [1.165, 1.54) is 12.1 Å². The van der Waals surface area contributed by atoms with E-state index in [1.807, 2.05) is 0 Å². The van der Waals surface area contributed by atoms with E-state index < -0.39 is 12.1 Å². The molecule has 6 nitrogen and oxygen atoms in total. The van der Waals surface area contributed by atoms with Gasteiger partial charge in [0.1, 0.15) is 0 Å². The SMILES string of the molecule is O=C(c1ccc(-c2noc(C(F)(F)F)n2)cc1)N1CCCNCC1. The zero-order valence-electron chi connectivity index (χ0n) is 12.6. The van der Waals surface area contributed by atoms with Crippen molar-refractivity contribution in [1.82, 2.24) is 20.4 Å². The summed E-state index contributed by atoms with van der Waals surface area (Å²) in [5.74, 6) is -1.66. The molecule has 9 heteroatoms. The Balaban J connectivity index is 1.75. The maximum atomic E-state index is 12.5. The van der Waals surface area contributed by atoms with E-state index >= 15 is 0 Å². The van der Waals surface area contributed by atoms with Gasteiger partial charge in [0.15, 0.2) is 0 Å². The molecular weight excluding hydrogens is 325 g/mol. The fraction of sp³-hybridized carbons (Fsp3) is 0.400. The molecule has 1 N–H and O–H groups in total. The summed E-state index contributed by atoms with van der Waals surface area (Å²) in [5, 5.41) is 6.54.